The molecule has 0 spiro atoms. The van der Waals surface area contributed by atoms with Crippen LogP contribution >= 0.6 is 23.2 Å². The van der Waals surface area contributed by atoms with Gasteiger partial charge in [-0.25, -0.2) is 4.98 Å². The van der Waals surface area contributed by atoms with Gasteiger partial charge in [0, 0.05) is 18.7 Å². The number of aromatic nitrogens is 2. The Hall–Kier alpha value is -3.19. The molecule has 4 rings (SSSR count). The fraction of sp³-hybridized carbons (Fsp3) is 0.250. The number of amides is 1. The Morgan fingerprint density at radius 1 is 1.08 bits per heavy atom. The minimum atomic E-state index is -0.586. The number of ether oxygens (including phenoxy) is 1. The van der Waals surface area contributed by atoms with E-state index in [9.17, 15) is 9.59 Å². The monoisotopic (exact) mass is 523 g/mol. The highest BCUT2D eigenvalue weighted by atomic mass is 35.5. The van der Waals surface area contributed by atoms with Crippen LogP contribution in [0.4, 0.5) is 0 Å². The molecule has 0 radical (unpaired) electrons. The normalized spacial score (nSPS) is 12.1. The molecule has 1 unspecified atom stereocenters. The van der Waals surface area contributed by atoms with Crippen LogP contribution in [0.2, 0.25) is 10.0 Å². The molecule has 0 saturated carbocycles. The number of para-hydroxylation sites is 1. The third-order valence-electron chi connectivity index (χ3n) is 6.21. The van der Waals surface area contributed by atoms with Gasteiger partial charge in [0.1, 0.15) is 5.82 Å². The maximum atomic E-state index is 13.8. The molecule has 3 aromatic carbocycles. The molecule has 0 aliphatic carbocycles. The van der Waals surface area contributed by atoms with Crippen LogP contribution < -0.4 is 5.56 Å². The van der Waals surface area contributed by atoms with Gasteiger partial charge < -0.3 is 9.64 Å². The molecule has 1 amide bonds. The summed E-state index contributed by atoms with van der Waals surface area (Å²) in [7, 11) is 1.57. The van der Waals surface area contributed by atoms with Crippen molar-refractivity contribution in [2.24, 2.45) is 0 Å². The molecular formula is C28H27Cl2N3O3. The second-order valence-electron chi connectivity index (χ2n) is 8.71. The van der Waals surface area contributed by atoms with Crippen molar-refractivity contribution in [3.8, 4) is 5.69 Å². The number of carbonyl (C=O) groups is 1. The lowest BCUT2D eigenvalue weighted by Gasteiger charge is -2.31. The smallest absolute Gasteiger partial charge is 0.266 e. The van der Waals surface area contributed by atoms with Gasteiger partial charge in [-0.05, 0) is 68.3 Å². The van der Waals surface area contributed by atoms with Crippen LogP contribution in [-0.4, -0.2) is 40.6 Å². The van der Waals surface area contributed by atoms with E-state index in [-0.39, 0.29) is 23.0 Å². The fourth-order valence-corrected chi connectivity index (χ4v) is 4.73. The van der Waals surface area contributed by atoms with Crippen molar-refractivity contribution in [3.63, 3.8) is 0 Å². The van der Waals surface area contributed by atoms with Crippen LogP contribution in [0, 0.1) is 13.8 Å². The van der Waals surface area contributed by atoms with E-state index < -0.39 is 6.04 Å². The second-order valence-corrected chi connectivity index (χ2v) is 9.55. The Labute approximate surface area is 220 Å². The third-order valence-corrected chi connectivity index (χ3v) is 6.75. The molecule has 0 saturated heterocycles. The fourth-order valence-electron chi connectivity index (χ4n) is 4.24. The van der Waals surface area contributed by atoms with Crippen molar-refractivity contribution < 1.29 is 9.53 Å². The van der Waals surface area contributed by atoms with Crippen LogP contribution in [0.5, 0.6) is 0 Å². The van der Waals surface area contributed by atoms with Crippen molar-refractivity contribution in [1.82, 2.24) is 14.5 Å². The molecule has 8 heteroatoms. The van der Waals surface area contributed by atoms with E-state index in [0.717, 1.165) is 16.8 Å². The predicted molar refractivity (Wildman–Crippen MR) is 145 cm³/mol. The number of nitrogens with zero attached hydrogens (tertiary/aromatic N) is 3. The molecule has 1 atom stereocenters. The zero-order valence-electron chi connectivity index (χ0n) is 20.6. The van der Waals surface area contributed by atoms with Gasteiger partial charge in [0.15, 0.2) is 0 Å². The zero-order chi connectivity index (χ0) is 26.0. The summed E-state index contributed by atoms with van der Waals surface area (Å²) in [4.78, 5) is 34.1. The summed E-state index contributed by atoms with van der Waals surface area (Å²) in [5, 5.41) is 1.19. The van der Waals surface area contributed by atoms with E-state index in [1.807, 2.05) is 51.1 Å². The van der Waals surface area contributed by atoms with Gasteiger partial charge in [-0.2, -0.15) is 0 Å². The van der Waals surface area contributed by atoms with Crippen LogP contribution in [0.1, 0.15) is 40.3 Å². The lowest BCUT2D eigenvalue weighted by atomic mass is 10.1. The van der Waals surface area contributed by atoms with E-state index >= 15 is 0 Å². The highest BCUT2D eigenvalue weighted by Gasteiger charge is 2.29. The summed E-state index contributed by atoms with van der Waals surface area (Å²) in [5.41, 5.74) is 3.34. The first kappa shape index (κ1) is 25.9. The van der Waals surface area contributed by atoms with Gasteiger partial charge in [-0.3, -0.25) is 14.2 Å². The Morgan fingerprint density at radius 2 is 1.83 bits per heavy atom. The average molecular weight is 524 g/mol. The number of carbonyl (C=O) groups excluding carboxylic acids is 1. The molecule has 36 heavy (non-hydrogen) atoms. The number of hydrogen-bond acceptors (Lipinski definition) is 4. The molecule has 186 valence electrons. The molecule has 0 fully saturated rings. The highest BCUT2D eigenvalue weighted by molar-refractivity contribution is 6.36. The predicted octanol–water partition coefficient (Wildman–Crippen LogP) is 6.16. The van der Waals surface area contributed by atoms with Crippen molar-refractivity contribution >= 4 is 40.0 Å². The minimum Gasteiger partial charge on any atom is -0.383 e. The number of halogens is 2. The van der Waals surface area contributed by atoms with E-state index in [1.165, 1.54) is 6.07 Å². The summed E-state index contributed by atoms with van der Waals surface area (Å²) >= 11 is 12.4. The Morgan fingerprint density at radius 3 is 2.56 bits per heavy atom. The van der Waals surface area contributed by atoms with Gasteiger partial charge >= 0.3 is 0 Å². The summed E-state index contributed by atoms with van der Waals surface area (Å²) < 4.78 is 6.92. The van der Waals surface area contributed by atoms with Crippen LogP contribution in [0.25, 0.3) is 16.6 Å². The van der Waals surface area contributed by atoms with Gasteiger partial charge in [-0.1, -0.05) is 47.5 Å². The lowest BCUT2D eigenvalue weighted by Crippen LogP contribution is -2.39. The summed E-state index contributed by atoms with van der Waals surface area (Å²) in [6.45, 7) is 6.35. The number of rotatable bonds is 7. The third kappa shape index (κ3) is 5.03. The second kappa shape index (κ2) is 10.8. The molecule has 0 bridgehead atoms. The van der Waals surface area contributed by atoms with Gasteiger partial charge in [-0.15, -0.1) is 0 Å². The minimum absolute atomic E-state index is 0.195. The first-order chi connectivity index (χ1) is 17.2. The van der Waals surface area contributed by atoms with Gasteiger partial charge in [0.25, 0.3) is 11.5 Å². The summed E-state index contributed by atoms with van der Waals surface area (Å²) in [5.74, 6) is 0.137. The van der Waals surface area contributed by atoms with Crippen molar-refractivity contribution in [1.29, 1.82) is 0 Å². The Balaban J connectivity index is 1.94. The van der Waals surface area contributed by atoms with Gasteiger partial charge in [0.2, 0.25) is 0 Å². The summed E-state index contributed by atoms with van der Waals surface area (Å²) in [6.07, 6.45) is 0. The van der Waals surface area contributed by atoms with Crippen LogP contribution in [0.15, 0.2) is 65.5 Å². The van der Waals surface area contributed by atoms with Crippen LogP contribution in [0.3, 0.4) is 0 Å². The van der Waals surface area contributed by atoms with Crippen molar-refractivity contribution in [2.45, 2.75) is 26.8 Å². The number of hydrogen-bond donors (Lipinski definition) is 0. The highest BCUT2D eigenvalue weighted by Crippen LogP contribution is 2.28. The van der Waals surface area contributed by atoms with E-state index in [2.05, 4.69) is 0 Å². The first-order valence-electron chi connectivity index (χ1n) is 11.6. The molecule has 0 N–H and O–H groups in total. The molecule has 6 nitrogen and oxygen atoms in total. The number of methoxy groups -OCH3 is 1. The van der Waals surface area contributed by atoms with E-state index in [4.69, 9.17) is 32.9 Å². The molecular weight excluding hydrogens is 497 g/mol. The molecule has 0 aliphatic rings. The molecule has 0 aliphatic heterocycles. The maximum Gasteiger partial charge on any atom is 0.266 e. The van der Waals surface area contributed by atoms with Crippen molar-refractivity contribution in [2.75, 3.05) is 20.3 Å². The molecule has 4 aromatic rings. The number of aryl methyl sites for hydroxylation is 2. The van der Waals surface area contributed by atoms with Crippen molar-refractivity contribution in [3.05, 3.63) is 104 Å². The largest absolute Gasteiger partial charge is 0.383 e. The van der Waals surface area contributed by atoms with Gasteiger partial charge in [0.05, 0.1) is 39.8 Å². The molecule has 1 heterocycles. The Bertz CT molecular complexity index is 1500. The van der Waals surface area contributed by atoms with E-state index in [1.54, 1.807) is 40.8 Å². The lowest BCUT2D eigenvalue weighted by molar-refractivity contribution is 0.0605. The molecule has 1 aromatic heterocycles. The maximum absolute atomic E-state index is 13.8. The number of benzene rings is 3. The average Bonchev–Trinajstić information content (AvgIpc) is 2.85. The number of fused-ring (bicyclic) bond motifs is 1. The standard InChI is InChI=1S/C28H27Cl2N3O3/c1-17-9-10-18(2)25(15-17)33-26(31-24-8-6-5-7-22(24)28(33)35)19(3)32(13-14-36-4)27(34)21-12-11-20(29)16-23(21)30/h5-12,15-16,19H,13-14H2,1-4H3. The topological polar surface area (TPSA) is 64.4 Å². The zero-order valence-corrected chi connectivity index (χ0v) is 22.1. The first-order valence-corrected chi connectivity index (χ1v) is 12.3. The quantitative estimate of drug-likeness (QED) is 0.291. The Kier molecular flexibility index (Phi) is 7.79. The van der Waals surface area contributed by atoms with E-state index in [0.29, 0.717) is 33.9 Å². The SMILES string of the molecule is COCCN(C(=O)c1ccc(Cl)cc1Cl)C(C)c1nc2ccccc2c(=O)n1-c1cc(C)ccc1C. The van der Waals surface area contributed by atoms with Crippen LogP contribution in [-0.2, 0) is 4.74 Å². The summed E-state index contributed by atoms with van der Waals surface area (Å²) in [6, 6.07) is 17.3.